The molecular formula is C12H18FNO5S. The van der Waals surface area contributed by atoms with Crippen LogP contribution in [-0.4, -0.2) is 35.7 Å². The molecule has 6 nitrogen and oxygen atoms in total. The summed E-state index contributed by atoms with van der Waals surface area (Å²) < 4.78 is 45.9. The third kappa shape index (κ3) is 7.39. The standard InChI is InChI=1S/C12H16FNO.H2O4S/c13-11-8-10(1-2-12(11)15)7-9-3-5-14-6-4-9;1-5(2,3)4/h1-2,8-9,14-15H,3-7H2;(H2,1,2,3,4). The molecule has 0 aliphatic carbocycles. The molecule has 0 aromatic heterocycles. The van der Waals surface area contributed by atoms with Crippen molar-refractivity contribution < 1.29 is 28.4 Å². The largest absolute Gasteiger partial charge is 1.00 e. The lowest BCUT2D eigenvalue weighted by Gasteiger charge is -2.22. The fourth-order valence-electron chi connectivity index (χ4n) is 2.10. The summed E-state index contributed by atoms with van der Waals surface area (Å²) in [6.07, 6.45) is 3.23. The molecule has 1 saturated heterocycles. The van der Waals surface area contributed by atoms with Gasteiger partial charge in [-0.05, 0) is 56.0 Å². The van der Waals surface area contributed by atoms with Crippen LogP contribution in [0.3, 0.4) is 0 Å². The van der Waals surface area contributed by atoms with Crippen molar-refractivity contribution in [1.29, 1.82) is 0 Å². The van der Waals surface area contributed by atoms with Crippen LogP contribution in [0, 0.1) is 11.7 Å². The number of rotatable bonds is 2. The van der Waals surface area contributed by atoms with E-state index in [9.17, 15) is 4.39 Å². The van der Waals surface area contributed by atoms with Gasteiger partial charge in [-0.3, -0.25) is 4.55 Å². The maximum Gasteiger partial charge on any atom is 1.00 e. The number of phenolic OH excluding ortho intramolecular Hbond substituents is 1. The fourth-order valence-corrected chi connectivity index (χ4v) is 2.10. The topological polar surface area (TPSA) is 110 Å². The van der Waals surface area contributed by atoms with Crippen LogP contribution in [0.4, 0.5) is 4.39 Å². The van der Waals surface area contributed by atoms with E-state index in [1.54, 1.807) is 6.07 Å². The molecule has 1 aromatic carbocycles. The van der Waals surface area contributed by atoms with Crippen LogP contribution in [0.5, 0.6) is 5.75 Å². The second kappa shape index (κ2) is 7.53. The molecule has 1 aliphatic rings. The highest BCUT2D eigenvalue weighted by Gasteiger charge is 2.14. The molecule has 20 heavy (non-hydrogen) atoms. The van der Waals surface area contributed by atoms with Crippen LogP contribution < -0.4 is 5.32 Å². The maximum absolute atomic E-state index is 13.1. The number of piperidine rings is 1. The Morgan fingerprint density at radius 3 is 2.45 bits per heavy atom. The monoisotopic (exact) mass is 307 g/mol. The van der Waals surface area contributed by atoms with E-state index in [0.717, 1.165) is 37.9 Å². The summed E-state index contributed by atoms with van der Waals surface area (Å²) in [7, 11) is -4.92. The summed E-state index contributed by atoms with van der Waals surface area (Å²) >= 11 is 0. The minimum atomic E-state index is -4.92. The third-order valence-electron chi connectivity index (χ3n) is 3.00. The van der Waals surface area contributed by atoms with E-state index in [1.165, 1.54) is 12.1 Å². The number of nitrogens with one attached hydrogen (secondary N) is 1. The van der Waals surface area contributed by atoms with Gasteiger partial charge in [0.25, 0.3) is 0 Å². The lowest BCUT2D eigenvalue weighted by molar-refractivity contribution is 0.366. The summed E-state index contributed by atoms with van der Waals surface area (Å²) in [5, 5.41) is 12.4. The predicted molar refractivity (Wildman–Crippen MR) is 70.8 cm³/mol. The lowest BCUT2D eigenvalue weighted by Crippen LogP contribution is -2.28. The Bertz CT molecular complexity index is 526. The second-order valence-electron chi connectivity index (χ2n) is 4.61. The third-order valence-corrected chi connectivity index (χ3v) is 3.00. The number of phenols is 1. The molecule has 0 spiro atoms. The summed E-state index contributed by atoms with van der Waals surface area (Å²) in [5.41, 5.74) is 0.984. The summed E-state index contributed by atoms with van der Waals surface area (Å²) in [6, 6.07) is 4.68. The van der Waals surface area contributed by atoms with E-state index in [-0.39, 0.29) is 7.18 Å². The molecule has 0 atom stereocenters. The molecule has 3 N–H and O–H groups in total. The van der Waals surface area contributed by atoms with Crippen LogP contribution >= 0.6 is 0 Å². The van der Waals surface area contributed by atoms with Gasteiger partial charge >= 0.3 is 1.43 Å². The zero-order valence-electron chi connectivity index (χ0n) is 11.8. The first-order chi connectivity index (χ1) is 9.25. The smallest absolute Gasteiger partial charge is 0.726 e. The van der Waals surface area contributed by atoms with Gasteiger partial charge in [0.1, 0.15) is 0 Å². The van der Waals surface area contributed by atoms with E-state index < -0.39 is 16.2 Å². The molecule has 0 saturated carbocycles. The first-order valence-corrected chi connectivity index (χ1v) is 7.48. The Morgan fingerprint density at radius 2 is 1.95 bits per heavy atom. The molecule has 1 fully saturated rings. The minimum Gasteiger partial charge on any atom is -0.726 e. The van der Waals surface area contributed by atoms with Gasteiger partial charge in [0.15, 0.2) is 11.6 Å². The molecule has 0 unspecified atom stereocenters. The van der Waals surface area contributed by atoms with E-state index in [1.807, 2.05) is 0 Å². The van der Waals surface area contributed by atoms with Gasteiger partial charge in [0.2, 0.25) is 10.4 Å². The van der Waals surface area contributed by atoms with Crippen LogP contribution in [0.15, 0.2) is 18.2 Å². The summed E-state index contributed by atoms with van der Waals surface area (Å²) in [4.78, 5) is 0. The van der Waals surface area contributed by atoms with Crippen LogP contribution in [-0.2, 0) is 16.8 Å². The van der Waals surface area contributed by atoms with Crippen molar-refractivity contribution in [1.82, 2.24) is 5.32 Å². The van der Waals surface area contributed by atoms with E-state index >= 15 is 0 Å². The normalized spacial score (nSPS) is 16.4. The maximum atomic E-state index is 13.1. The van der Waals surface area contributed by atoms with Crippen molar-refractivity contribution in [2.45, 2.75) is 19.3 Å². The molecule has 8 heteroatoms. The van der Waals surface area contributed by atoms with Gasteiger partial charge in [-0.1, -0.05) is 6.07 Å². The molecule has 0 amide bonds. The number of benzene rings is 1. The average Bonchev–Trinajstić information content (AvgIpc) is 2.33. The molecule has 0 bridgehead atoms. The highest BCUT2D eigenvalue weighted by Crippen LogP contribution is 2.21. The highest BCUT2D eigenvalue weighted by atomic mass is 32.3. The Morgan fingerprint density at radius 1 is 1.40 bits per heavy atom. The van der Waals surface area contributed by atoms with Crippen molar-refractivity contribution in [3.05, 3.63) is 29.6 Å². The fraction of sp³-hybridized carbons (Fsp3) is 0.500. The summed E-state index contributed by atoms with van der Waals surface area (Å²) in [6.45, 7) is 2.12. The van der Waals surface area contributed by atoms with E-state index in [4.69, 9.17) is 22.6 Å². The Hall–Kier alpha value is -1.22. The van der Waals surface area contributed by atoms with E-state index in [2.05, 4.69) is 5.32 Å². The van der Waals surface area contributed by atoms with Crippen molar-refractivity contribution in [3.8, 4) is 5.75 Å². The SMILES string of the molecule is O=S(=O)([O-])O.Oc1ccc(CC2CCNCC2)cc1F.[H+]. The van der Waals surface area contributed by atoms with Crippen molar-refractivity contribution in [2.24, 2.45) is 5.92 Å². The van der Waals surface area contributed by atoms with Gasteiger partial charge in [-0.25, -0.2) is 12.8 Å². The van der Waals surface area contributed by atoms with Crippen molar-refractivity contribution in [2.75, 3.05) is 13.1 Å². The van der Waals surface area contributed by atoms with Gasteiger partial charge < -0.3 is 15.0 Å². The predicted octanol–water partition coefficient (Wildman–Crippen LogP) is 1.19. The van der Waals surface area contributed by atoms with Crippen LogP contribution in [0.2, 0.25) is 0 Å². The Labute approximate surface area is 118 Å². The molecule has 2 rings (SSSR count). The molecular weight excluding hydrogens is 289 g/mol. The Kier molecular flexibility index (Phi) is 6.34. The summed E-state index contributed by atoms with van der Waals surface area (Å²) in [5.74, 6) is -0.124. The second-order valence-corrected chi connectivity index (χ2v) is 5.47. The quantitative estimate of drug-likeness (QED) is 0.559. The van der Waals surface area contributed by atoms with Gasteiger partial charge in [-0.2, -0.15) is 0 Å². The molecule has 114 valence electrons. The van der Waals surface area contributed by atoms with Gasteiger partial charge in [0, 0.05) is 0 Å². The number of hydrogen-bond donors (Lipinski definition) is 3. The first-order valence-electron chi connectivity index (χ1n) is 6.12. The molecule has 1 aliphatic heterocycles. The number of hydrogen-bond acceptors (Lipinski definition) is 5. The molecule has 0 radical (unpaired) electrons. The molecule has 1 aromatic rings. The van der Waals surface area contributed by atoms with Crippen molar-refractivity contribution >= 4 is 10.4 Å². The van der Waals surface area contributed by atoms with Crippen LogP contribution in [0.1, 0.15) is 19.8 Å². The van der Waals surface area contributed by atoms with E-state index in [0.29, 0.717) is 5.92 Å². The first kappa shape index (κ1) is 16.8. The Balaban J connectivity index is 0.000000583. The van der Waals surface area contributed by atoms with Crippen LogP contribution in [0.25, 0.3) is 0 Å². The zero-order chi connectivity index (χ0) is 15.2. The molecule has 1 heterocycles. The minimum absolute atomic E-state index is 0. The van der Waals surface area contributed by atoms with Gasteiger partial charge in [-0.15, -0.1) is 0 Å². The number of halogens is 1. The number of aromatic hydroxyl groups is 1. The van der Waals surface area contributed by atoms with Crippen molar-refractivity contribution in [3.63, 3.8) is 0 Å². The zero-order valence-corrected chi connectivity index (χ0v) is 11.6. The van der Waals surface area contributed by atoms with Gasteiger partial charge in [0.05, 0.1) is 0 Å². The lowest BCUT2D eigenvalue weighted by atomic mass is 9.91. The highest BCUT2D eigenvalue weighted by molar-refractivity contribution is 7.79. The average molecular weight is 307 g/mol.